The van der Waals surface area contributed by atoms with Crippen molar-refractivity contribution in [2.45, 2.75) is 26.4 Å². The van der Waals surface area contributed by atoms with Crippen LogP contribution >= 0.6 is 23.2 Å². The van der Waals surface area contributed by atoms with Crippen LogP contribution in [0.4, 0.5) is 0 Å². The van der Waals surface area contributed by atoms with Crippen LogP contribution in [0.15, 0.2) is 10.6 Å². The van der Waals surface area contributed by atoms with E-state index in [0.717, 1.165) is 0 Å². The molecule has 0 spiro atoms. The Morgan fingerprint density at radius 2 is 2.31 bits per heavy atom. The van der Waals surface area contributed by atoms with Gasteiger partial charge in [0.05, 0.1) is 0 Å². The van der Waals surface area contributed by atoms with Gasteiger partial charge >= 0.3 is 5.97 Å². The van der Waals surface area contributed by atoms with Gasteiger partial charge in [0, 0.05) is 28.8 Å². The smallest absolute Gasteiger partial charge is 0.335 e. The SMILES string of the molecule is CC1=C(Cl)C[C@@H](C(C)CCl)OC1=O. The first-order valence-electron chi connectivity index (χ1n) is 4.18. The van der Waals surface area contributed by atoms with Gasteiger partial charge in [0.15, 0.2) is 0 Å². The molecule has 0 aromatic heterocycles. The third-order valence-corrected chi connectivity index (χ3v) is 3.15. The molecule has 0 N–H and O–H groups in total. The summed E-state index contributed by atoms with van der Waals surface area (Å²) in [4.78, 5) is 11.2. The van der Waals surface area contributed by atoms with E-state index in [1.807, 2.05) is 6.92 Å². The molecule has 0 bridgehead atoms. The molecule has 2 atom stereocenters. The van der Waals surface area contributed by atoms with Gasteiger partial charge in [-0.25, -0.2) is 4.79 Å². The number of alkyl halides is 1. The first kappa shape index (κ1) is 10.9. The van der Waals surface area contributed by atoms with Gasteiger partial charge in [-0.15, -0.1) is 11.6 Å². The Kier molecular flexibility index (Phi) is 3.63. The van der Waals surface area contributed by atoms with Crippen molar-refractivity contribution in [3.05, 3.63) is 10.6 Å². The fourth-order valence-electron chi connectivity index (χ4n) is 1.12. The molecule has 13 heavy (non-hydrogen) atoms. The summed E-state index contributed by atoms with van der Waals surface area (Å²) in [6, 6.07) is 0. The lowest BCUT2D eigenvalue weighted by Crippen LogP contribution is -2.30. The highest BCUT2D eigenvalue weighted by atomic mass is 35.5. The van der Waals surface area contributed by atoms with Gasteiger partial charge in [-0.3, -0.25) is 0 Å². The summed E-state index contributed by atoms with van der Waals surface area (Å²) in [5, 5.41) is 0.596. The van der Waals surface area contributed by atoms with Crippen molar-refractivity contribution in [2.75, 3.05) is 5.88 Å². The average Bonchev–Trinajstić information content (AvgIpc) is 2.12. The molecule has 1 heterocycles. The van der Waals surface area contributed by atoms with Crippen molar-refractivity contribution in [3.8, 4) is 0 Å². The largest absolute Gasteiger partial charge is 0.458 e. The molecule has 0 saturated carbocycles. The molecule has 0 fully saturated rings. The minimum Gasteiger partial charge on any atom is -0.458 e. The minimum absolute atomic E-state index is 0.146. The van der Waals surface area contributed by atoms with E-state index < -0.39 is 0 Å². The number of rotatable bonds is 2. The molecule has 0 aromatic carbocycles. The molecule has 1 unspecified atom stereocenters. The fraction of sp³-hybridized carbons (Fsp3) is 0.667. The second-order valence-corrected chi connectivity index (χ2v) is 4.07. The molecule has 0 saturated heterocycles. The maximum Gasteiger partial charge on any atom is 0.335 e. The Labute approximate surface area is 87.8 Å². The molecular weight excluding hydrogens is 211 g/mol. The van der Waals surface area contributed by atoms with E-state index in [0.29, 0.717) is 22.9 Å². The van der Waals surface area contributed by atoms with Gasteiger partial charge < -0.3 is 4.74 Å². The summed E-state index contributed by atoms with van der Waals surface area (Å²) < 4.78 is 5.16. The third kappa shape index (κ3) is 2.38. The van der Waals surface area contributed by atoms with E-state index in [1.165, 1.54) is 0 Å². The second kappa shape index (κ2) is 4.34. The van der Waals surface area contributed by atoms with E-state index in [-0.39, 0.29) is 18.0 Å². The Hall–Kier alpha value is -0.210. The zero-order valence-electron chi connectivity index (χ0n) is 7.64. The zero-order valence-corrected chi connectivity index (χ0v) is 9.15. The quantitative estimate of drug-likeness (QED) is 0.531. The maximum absolute atomic E-state index is 11.2. The van der Waals surface area contributed by atoms with Crippen molar-refractivity contribution in [1.82, 2.24) is 0 Å². The molecule has 0 aromatic rings. The fourth-order valence-corrected chi connectivity index (χ4v) is 1.55. The monoisotopic (exact) mass is 222 g/mol. The first-order chi connectivity index (χ1) is 6.06. The molecule has 2 nitrogen and oxygen atoms in total. The van der Waals surface area contributed by atoms with Crippen LogP contribution in [0, 0.1) is 5.92 Å². The summed E-state index contributed by atoms with van der Waals surface area (Å²) in [7, 11) is 0. The summed E-state index contributed by atoms with van der Waals surface area (Å²) in [5.74, 6) is 0.298. The van der Waals surface area contributed by atoms with Crippen LogP contribution in [0.3, 0.4) is 0 Å². The summed E-state index contributed by atoms with van der Waals surface area (Å²) in [6.45, 7) is 3.61. The van der Waals surface area contributed by atoms with Gasteiger partial charge in [0.1, 0.15) is 6.10 Å². The predicted molar refractivity (Wildman–Crippen MR) is 52.9 cm³/mol. The van der Waals surface area contributed by atoms with Crippen LogP contribution in [0.2, 0.25) is 0 Å². The van der Waals surface area contributed by atoms with Crippen LogP contribution in [-0.2, 0) is 9.53 Å². The maximum atomic E-state index is 11.2. The van der Waals surface area contributed by atoms with E-state index in [4.69, 9.17) is 27.9 Å². The van der Waals surface area contributed by atoms with E-state index in [9.17, 15) is 4.79 Å². The van der Waals surface area contributed by atoms with Crippen molar-refractivity contribution in [3.63, 3.8) is 0 Å². The average molecular weight is 223 g/mol. The minimum atomic E-state index is -0.321. The lowest BCUT2D eigenvalue weighted by molar-refractivity contribution is -0.147. The van der Waals surface area contributed by atoms with Crippen molar-refractivity contribution < 1.29 is 9.53 Å². The molecule has 4 heteroatoms. The molecule has 0 amide bonds. The number of hydrogen-bond donors (Lipinski definition) is 0. The number of carbonyl (C=O) groups excluding carboxylic acids is 1. The molecule has 1 rings (SSSR count). The predicted octanol–water partition coefficient (Wildman–Crippen LogP) is 2.69. The normalized spacial score (nSPS) is 25.8. The highest BCUT2D eigenvalue weighted by Gasteiger charge is 2.28. The molecular formula is C9H12Cl2O2. The molecule has 74 valence electrons. The lowest BCUT2D eigenvalue weighted by Gasteiger charge is -2.26. The van der Waals surface area contributed by atoms with Crippen LogP contribution in [0.1, 0.15) is 20.3 Å². The van der Waals surface area contributed by atoms with Gasteiger partial charge in [-0.1, -0.05) is 18.5 Å². The van der Waals surface area contributed by atoms with Crippen molar-refractivity contribution >= 4 is 29.2 Å². The molecule has 1 aliphatic heterocycles. The summed E-state index contributed by atoms with van der Waals surface area (Å²) in [5.41, 5.74) is 0.514. The molecule has 0 aliphatic carbocycles. The Morgan fingerprint density at radius 1 is 1.69 bits per heavy atom. The first-order valence-corrected chi connectivity index (χ1v) is 5.09. The topological polar surface area (TPSA) is 26.3 Å². The van der Waals surface area contributed by atoms with E-state index in [2.05, 4.69) is 0 Å². The van der Waals surface area contributed by atoms with Crippen molar-refractivity contribution in [2.24, 2.45) is 5.92 Å². The van der Waals surface area contributed by atoms with Gasteiger partial charge in [0.25, 0.3) is 0 Å². The highest BCUT2D eigenvalue weighted by Crippen LogP contribution is 2.28. The Bertz CT molecular complexity index is 248. The Balaban J connectivity index is 2.73. The number of hydrogen-bond acceptors (Lipinski definition) is 2. The van der Waals surface area contributed by atoms with Crippen LogP contribution in [0.5, 0.6) is 0 Å². The van der Waals surface area contributed by atoms with E-state index >= 15 is 0 Å². The van der Waals surface area contributed by atoms with Gasteiger partial charge in [0.2, 0.25) is 0 Å². The standard InChI is InChI=1S/C9H12Cl2O2/c1-5(4-10)8-3-7(11)6(2)9(12)13-8/h5,8H,3-4H2,1-2H3/t5?,8-/m0/s1. The zero-order chi connectivity index (χ0) is 10.0. The number of cyclic esters (lactones) is 1. The highest BCUT2D eigenvalue weighted by molar-refractivity contribution is 6.31. The number of esters is 1. The van der Waals surface area contributed by atoms with Crippen LogP contribution in [0.25, 0.3) is 0 Å². The van der Waals surface area contributed by atoms with Crippen LogP contribution in [-0.4, -0.2) is 18.0 Å². The number of halogens is 2. The number of carbonyl (C=O) groups is 1. The van der Waals surface area contributed by atoms with Gasteiger partial charge in [-0.05, 0) is 6.92 Å². The van der Waals surface area contributed by atoms with Gasteiger partial charge in [-0.2, -0.15) is 0 Å². The van der Waals surface area contributed by atoms with Crippen molar-refractivity contribution in [1.29, 1.82) is 0 Å². The van der Waals surface area contributed by atoms with Crippen LogP contribution < -0.4 is 0 Å². The third-order valence-electron chi connectivity index (χ3n) is 2.23. The molecule has 1 aliphatic rings. The summed E-state index contributed by atoms with van der Waals surface area (Å²) >= 11 is 11.6. The summed E-state index contributed by atoms with van der Waals surface area (Å²) in [6.07, 6.45) is 0.425. The Morgan fingerprint density at radius 3 is 2.77 bits per heavy atom. The number of ether oxygens (including phenoxy) is 1. The molecule has 0 radical (unpaired) electrons. The second-order valence-electron chi connectivity index (χ2n) is 3.31. The van der Waals surface area contributed by atoms with E-state index in [1.54, 1.807) is 6.92 Å². The lowest BCUT2D eigenvalue weighted by atomic mass is 10.00.